The van der Waals surface area contributed by atoms with Gasteiger partial charge in [0.2, 0.25) is 10.0 Å². The molecule has 0 aliphatic heterocycles. The van der Waals surface area contributed by atoms with E-state index in [4.69, 9.17) is 0 Å². The third-order valence-electron chi connectivity index (χ3n) is 2.95. The van der Waals surface area contributed by atoms with Crippen LogP contribution in [0.4, 0.5) is 0 Å². The van der Waals surface area contributed by atoms with Gasteiger partial charge in [-0.2, -0.15) is 0 Å². The zero-order chi connectivity index (χ0) is 17.0. The summed E-state index contributed by atoms with van der Waals surface area (Å²) < 4.78 is 36.9. The van der Waals surface area contributed by atoms with Crippen LogP contribution >= 0.6 is 0 Å². The van der Waals surface area contributed by atoms with E-state index in [1.165, 1.54) is 31.3 Å². The van der Waals surface area contributed by atoms with E-state index < -0.39 is 20.8 Å². The first-order valence-electron chi connectivity index (χ1n) is 6.78. The topological polar surface area (TPSA) is 92.3 Å². The van der Waals surface area contributed by atoms with Gasteiger partial charge >= 0.3 is 0 Å². The number of carbonyl (C=O) groups is 1. The molecule has 1 amide bonds. The second-order valence-electron chi connectivity index (χ2n) is 5.65. The highest BCUT2D eigenvalue weighted by Crippen LogP contribution is 2.11. The Labute approximate surface area is 134 Å². The number of carbonyl (C=O) groups excluding carboxylic acids is 1. The van der Waals surface area contributed by atoms with Crippen LogP contribution in [0.5, 0.6) is 0 Å². The molecule has 1 aromatic carbocycles. The van der Waals surface area contributed by atoms with Gasteiger partial charge in [-0.3, -0.25) is 9.00 Å². The van der Waals surface area contributed by atoms with Crippen molar-refractivity contribution in [1.29, 1.82) is 0 Å². The molecular formula is C14H22N2O4S2. The molecule has 2 N–H and O–H groups in total. The van der Waals surface area contributed by atoms with Crippen molar-refractivity contribution in [3.63, 3.8) is 0 Å². The van der Waals surface area contributed by atoms with Crippen LogP contribution in [0.3, 0.4) is 0 Å². The van der Waals surface area contributed by atoms with Gasteiger partial charge in [-0.15, -0.1) is 0 Å². The van der Waals surface area contributed by atoms with Crippen LogP contribution in [0.25, 0.3) is 0 Å². The molecule has 0 aromatic heterocycles. The number of rotatable bonds is 6. The van der Waals surface area contributed by atoms with Gasteiger partial charge in [0.25, 0.3) is 5.91 Å². The fourth-order valence-corrected chi connectivity index (χ4v) is 3.20. The number of sulfonamides is 1. The number of benzene rings is 1. The Morgan fingerprint density at radius 1 is 1.18 bits per heavy atom. The summed E-state index contributed by atoms with van der Waals surface area (Å²) in [5, 5.41) is 2.68. The standard InChI is InChI=1S/C14H22N2O4S2/c1-14(2,3)21(18)10-9-16-13(17)11-5-7-12(8-6-11)22(19,20)15-4/h5-8,15H,9-10H2,1-4H3,(H,16,17). The first kappa shape index (κ1) is 18.8. The molecule has 1 aromatic rings. The largest absolute Gasteiger partial charge is 0.351 e. The van der Waals surface area contributed by atoms with Gasteiger partial charge in [0.15, 0.2) is 0 Å². The molecule has 0 saturated heterocycles. The van der Waals surface area contributed by atoms with Gasteiger partial charge in [-0.25, -0.2) is 13.1 Å². The lowest BCUT2D eigenvalue weighted by Crippen LogP contribution is -2.32. The third-order valence-corrected chi connectivity index (χ3v) is 6.32. The van der Waals surface area contributed by atoms with E-state index in [2.05, 4.69) is 10.0 Å². The van der Waals surface area contributed by atoms with Gasteiger partial charge in [-0.1, -0.05) is 0 Å². The predicted molar refractivity (Wildman–Crippen MR) is 87.8 cm³/mol. The van der Waals surface area contributed by atoms with Crippen LogP contribution < -0.4 is 10.0 Å². The van der Waals surface area contributed by atoms with Crippen molar-refractivity contribution in [2.75, 3.05) is 19.3 Å². The molecule has 0 aliphatic rings. The minimum Gasteiger partial charge on any atom is -0.351 e. The van der Waals surface area contributed by atoms with E-state index in [9.17, 15) is 17.4 Å². The molecule has 0 heterocycles. The summed E-state index contributed by atoms with van der Waals surface area (Å²) in [5.41, 5.74) is 0.358. The minimum atomic E-state index is -3.51. The fourth-order valence-electron chi connectivity index (χ4n) is 1.57. The van der Waals surface area contributed by atoms with E-state index in [1.54, 1.807) is 0 Å². The summed E-state index contributed by atoms with van der Waals surface area (Å²) in [7, 11) is -3.21. The monoisotopic (exact) mass is 346 g/mol. The molecule has 0 bridgehead atoms. The fraction of sp³-hybridized carbons (Fsp3) is 0.500. The van der Waals surface area contributed by atoms with Crippen molar-refractivity contribution in [3.8, 4) is 0 Å². The molecular weight excluding hydrogens is 324 g/mol. The van der Waals surface area contributed by atoms with Crippen molar-refractivity contribution < 1.29 is 17.4 Å². The van der Waals surface area contributed by atoms with Crippen LogP contribution in [0.1, 0.15) is 31.1 Å². The van der Waals surface area contributed by atoms with Gasteiger partial charge in [0.1, 0.15) is 0 Å². The number of nitrogens with one attached hydrogen (secondary N) is 2. The predicted octanol–water partition coefficient (Wildman–Crippen LogP) is 0.872. The molecule has 0 saturated carbocycles. The van der Waals surface area contributed by atoms with Crippen molar-refractivity contribution >= 4 is 26.7 Å². The van der Waals surface area contributed by atoms with Gasteiger partial charge < -0.3 is 5.32 Å². The normalized spacial score (nSPS) is 13.6. The Bertz CT molecular complexity index is 646. The zero-order valence-electron chi connectivity index (χ0n) is 13.2. The summed E-state index contributed by atoms with van der Waals surface area (Å²) in [6.07, 6.45) is 0. The zero-order valence-corrected chi connectivity index (χ0v) is 14.8. The lowest BCUT2D eigenvalue weighted by Gasteiger charge is -2.17. The van der Waals surface area contributed by atoms with Crippen molar-refractivity contribution in [2.24, 2.45) is 0 Å². The number of amides is 1. The lowest BCUT2D eigenvalue weighted by atomic mass is 10.2. The van der Waals surface area contributed by atoms with Crippen LogP contribution in [0, 0.1) is 0 Å². The Morgan fingerprint density at radius 2 is 1.73 bits per heavy atom. The summed E-state index contributed by atoms with van der Waals surface area (Å²) in [6.45, 7) is 5.95. The van der Waals surface area contributed by atoms with E-state index in [-0.39, 0.29) is 15.5 Å². The molecule has 1 unspecified atom stereocenters. The maximum absolute atomic E-state index is 11.9. The molecule has 0 spiro atoms. The smallest absolute Gasteiger partial charge is 0.251 e. The molecule has 0 aliphatic carbocycles. The summed E-state index contributed by atoms with van der Waals surface area (Å²) in [6, 6.07) is 5.63. The van der Waals surface area contributed by atoms with Crippen LogP contribution in [-0.4, -0.2) is 42.6 Å². The van der Waals surface area contributed by atoms with Crippen molar-refractivity contribution in [3.05, 3.63) is 29.8 Å². The average molecular weight is 346 g/mol. The molecule has 1 rings (SSSR count). The summed E-state index contributed by atoms with van der Waals surface area (Å²) in [5.74, 6) is 0.0564. The highest BCUT2D eigenvalue weighted by atomic mass is 32.2. The maximum Gasteiger partial charge on any atom is 0.251 e. The SMILES string of the molecule is CNS(=O)(=O)c1ccc(C(=O)NCCS(=O)C(C)(C)C)cc1. The van der Waals surface area contributed by atoms with E-state index in [0.29, 0.717) is 17.9 Å². The number of hydrogen-bond acceptors (Lipinski definition) is 4. The highest BCUT2D eigenvalue weighted by Gasteiger charge is 2.19. The highest BCUT2D eigenvalue weighted by molar-refractivity contribution is 7.89. The molecule has 8 heteroatoms. The Balaban J connectivity index is 2.63. The second kappa shape index (κ2) is 7.34. The van der Waals surface area contributed by atoms with Gasteiger partial charge in [0, 0.05) is 33.4 Å². The molecule has 6 nitrogen and oxygen atoms in total. The second-order valence-corrected chi connectivity index (χ2v) is 9.86. The van der Waals surface area contributed by atoms with Gasteiger partial charge in [0.05, 0.1) is 4.90 Å². The third kappa shape index (κ3) is 5.19. The maximum atomic E-state index is 11.9. The quantitative estimate of drug-likeness (QED) is 0.799. The molecule has 124 valence electrons. The molecule has 1 atom stereocenters. The lowest BCUT2D eigenvalue weighted by molar-refractivity contribution is 0.0956. The minimum absolute atomic E-state index is 0.0976. The van der Waals surface area contributed by atoms with E-state index in [0.717, 1.165) is 0 Å². The van der Waals surface area contributed by atoms with E-state index >= 15 is 0 Å². The molecule has 0 radical (unpaired) electrons. The average Bonchev–Trinajstić information content (AvgIpc) is 2.46. The molecule has 0 fully saturated rings. The Morgan fingerprint density at radius 3 is 2.18 bits per heavy atom. The van der Waals surface area contributed by atoms with Crippen LogP contribution in [-0.2, 0) is 20.8 Å². The van der Waals surface area contributed by atoms with Crippen LogP contribution in [0.15, 0.2) is 29.2 Å². The Hall–Kier alpha value is -1.25. The Kier molecular flexibility index (Phi) is 6.27. The first-order valence-corrected chi connectivity index (χ1v) is 9.58. The van der Waals surface area contributed by atoms with Crippen molar-refractivity contribution in [1.82, 2.24) is 10.0 Å². The first-order chi connectivity index (χ1) is 10.1. The van der Waals surface area contributed by atoms with Gasteiger partial charge in [-0.05, 0) is 52.1 Å². The van der Waals surface area contributed by atoms with Crippen LogP contribution in [0.2, 0.25) is 0 Å². The summed E-state index contributed by atoms with van der Waals surface area (Å²) in [4.78, 5) is 12.0. The molecule has 22 heavy (non-hydrogen) atoms. The van der Waals surface area contributed by atoms with Crippen molar-refractivity contribution in [2.45, 2.75) is 30.4 Å². The van der Waals surface area contributed by atoms with E-state index in [1.807, 2.05) is 20.8 Å². The summed E-state index contributed by atoms with van der Waals surface area (Å²) >= 11 is 0. The number of hydrogen-bond donors (Lipinski definition) is 2.